The van der Waals surface area contributed by atoms with Crippen LogP contribution in [0.5, 0.6) is 0 Å². The van der Waals surface area contributed by atoms with E-state index in [-0.39, 0.29) is 11.6 Å². The number of rotatable bonds is 0. The molecule has 1 spiro atoms. The molecule has 0 aromatic heterocycles. The summed E-state index contributed by atoms with van der Waals surface area (Å²) in [6.45, 7) is 0. The van der Waals surface area contributed by atoms with Gasteiger partial charge < -0.3 is 0 Å². The molecule has 0 radical (unpaired) electrons. The van der Waals surface area contributed by atoms with E-state index in [4.69, 9.17) is 0 Å². The number of allylic oxidation sites excluding steroid dienone is 2. The van der Waals surface area contributed by atoms with Crippen molar-refractivity contribution in [3.63, 3.8) is 0 Å². The third-order valence-corrected chi connectivity index (χ3v) is 4.11. The molecule has 2 unspecified atom stereocenters. The lowest BCUT2D eigenvalue weighted by Gasteiger charge is -2.29. The fourth-order valence-electron chi connectivity index (χ4n) is 3.50. The largest absolute Gasteiger partial charge is 0.294 e. The maximum absolute atomic E-state index is 11.7. The van der Waals surface area contributed by atoms with Gasteiger partial charge in [-0.25, -0.2) is 0 Å². The van der Waals surface area contributed by atoms with Crippen molar-refractivity contribution in [3.8, 4) is 0 Å². The van der Waals surface area contributed by atoms with Gasteiger partial charge >= 0.3 is 0 Å². The number of hydrogen-bond donors (Lipinski definition) is 0. The minimum Gasteiger partial charge on any atom is -0.294 e. The monoisotopic (exact) mass is 176 g/mol. The van der Waals surface area contributed by atoms with Crippen LogP contribution in [-0.4, -0.2) is 11.6 Å². The van der Waals surface area contributed by atoms with Gasteiger partial charge in [0.05, 0.1) is 5.41 Å². The summed E-state index contributed by atoms with van der Waals surface area (Å²) in [5.74, 6) is 1.19. The van der Waals surface area contributed by atoms with Crippen molar-refractivity contribution in [2.24, 2.45) is 17.3 Å². The number of hydrogen-bond acceptors (Lipinski definition) is 2. The van der Waals surface area contributed by atoms with Crippen LogP contribution in [0.25, 0.3) is 0 Å². The van der Waals surface area contributed by atoms with E-state index < -0.39 is 5.41 Å². The smallest absolute Gasteiger partial charge is 0.169 e. The molecule has 0 aromatic carbocycles. The average Bonchev–Trinajstić information content (AvgIpc) is 2.77. The first-order valence-corrected chi connectivity index (χ1v) is 5.00. The Bertz CT molecular complexity index is 309. The first-order chi connectivity index (χ1) is 6.23. The maximum atomic E-state index is 11.7. The normalized spacial score (nSPS) is 39.7. The van der Waals surface area contributed by atoms with Crippen LogP contribution in [-0.2, 0) is 9.59 Å². The van der Waals surface area contributed by atoms with Crippen molar-refractivity contribution in [3.05, 3.63) is 12.2 Å². The molecule has 0 N–H and O–H groups in total. The van der Waals surface area contributed by atoms with Crippen molar-refractivity contribution in [1.29, 1.82) is 0 Å². The van der Waals surface area contributed by atoms with Gasteiger partial charge in [0.15, 0.2) is 11.6 Å². The summed E-state index contributed by atoms with van der Waals surface area (Å²) in [6, 6.07) is 0. The van der Waals surface area contributed by atoms with E-state index in [1.807, 2.05) is 0 Å². The first kappa shape index (κ1) is 7.48. The highest BCUT2D eigenvalue weighted by molar-refractivity contribution is 6.22. The molecule has 0 amide bonds. The SMILES string of the molecule is O=C1C=CC(=O)C12CC1CCC2C1. The van der Waals surface area contributed by atoms with Gasteiger partial charge in [0.1, 0.15) is 0 Å². The fourth-order valence-corrected chi connectivity index (χ4v) is 3.50. The molecule has 0 aromatic rings. The van der Waals surface area contributed by atoms with Crippen LogP contribution < -0.4 is 0 Å². The molecule has 3 aliphatic carbocycles. The van der Waals surface area contributed by atoms with Gasteiger partial charge in [-0.05, 0) is 43.3 Å². The number of fused-ring (bicyclic) bond motifs is 3. The van der Waals surface area contributed by atoms with Gasteiger partial charge in [-0.3, -0.25) is 9.59 Å². The van der Waals surface area contributed by atoms with Crippen LogP contribution in [0.4, 0.5) is 0 Å². The van der Waals surface area contributed by atoms with Gasteiger partial charge in [-0.2, -0.15) is 0 Å². The second-order valence-electron chi connectivity index (χ2n) is 4.61. The zero-order valence-electron chi connectivity index (χ0n) is 7.45. The fraction of sp³-hybridized carbons (Fsp3) is 0.636. The van der Waals surface area contributed by atoms with Gasteiger partial charge in [-0.15, -0.1) is 0 Å². The summed E-state index contributed by atoms with van der Waals surface area (Å²) >= 11 is 0. The van der Waals surface area contributed by atoms with E-state index in [0.717, 1.165) is 19.3 Å². The Morgan fingerprint density at radius 2 is 1.85 bits per heavy atom. The lowest BCUT2D eigenvalue weighted by Crippen LogP contribution is -2.38. The first-order valence-electron chi connectivity index (χ1n) is 5.00. The molecule has 3 aliphatic rings. The summed E-state index contributed by atoms with van der Waals surface area (Å²) in [7, 11) is 0. The molecule has 2 bridgehead atoms. The number of carbonyl (C=O) groups excluding carboxylic acids is 2. The summed E-state index contributed by atoms with van der Waals surface area (Å²) in [5.41, 5.74) is -0.567. The Labute approximate surface area is 77.0 Å². The van der Waals surface area contributed by atoms with Crippen molar-refractivity contribution < 1.29 is 9.59 Å². The zero-order chi connectivity index (χ0) is 9.05. The van der Waals surface area contributed by atoms with E-state index in [1.54, 1.807) is 0 Å². The van der Waals surface area contributed by atoms with Gasteiger partial charge in [0.25, 0.3) is 0 Å². The van der Waals surface area contributed by atoms with Crippen LogP contribution in [0, 0.1) is 17.3 Å². The number of ketones is 2. The molecule has 0 aliphatic heterocycles. The van der Waals surface area contributed by atoms with Crippen LogP contribution in [0.3, 0.4) is 0 Å². The Morgan fingerprint density at radius 1 is 1.15 bits per heavy atom. The highest BCUT2D eigenvalue weighted by Gasteiger charge is 2.59. The predicted octanol–water partition coefficient (Wildman–Crippen LogP) is 1.50. The van der Waals surface area contributed by atoms with Crippen molar-refractivity contribution in [1.82, 2.24) is 0 Å². The molecule has 0 saturated heterocycles. The summed E-state index contributed by atoms with van der Waals surface area (Å²) in [6.07, 6.45) is 7.24. The molecule has 2 saturated carbocycles. The van der Waals surface area contributed by atoms with E-state index >= 15 is 0 Å². The molecule has 2 atom stereocenters. The van der Waals surface area contributed by atoms with Crippen LogP contribution in [0.2, 0.25) is 0 Å². The van der Waals surface area contributed by atoms with E-state index in [1.165, 1.54) is 18.6 Å². The van der Waals surface area contributed by atoms with Crippen LogP contribution in [0.15, 0.2) is 12.2 Å². The lowest BCUT2D eigenvalue weighted by molar-refractivity contribution is -0.136. The molecule has 13 heavy (non-hydrogen) atoms. The molecule has 3 rings (SSSR count). The van der Waals surface area contributed by atoms with Crippen molar-refractivity contribution in [2.75, 3.05) is 0 Å². The second-order valence-corrected chi connectivity index (χ2v) is 4.61. The highest BCUT2D eigenvalue weighted by atomic mass is 16.2. The predicted molar refractivity (Wildman–Crippen MR) is 47.0 cm³/mol. The van der Waals surface area contributed by atoms with Crippen LogP contribution in [0.1, 0.15) is 25.7 Å². The molecule has 68 valence electrons. The molecule has 2 fully saturated rings. The van der Waals surface area contributed by atoms with Crippen LogP contribution >= 0.6 is 0 Å². The third kappa shape index (κ3) is 0.702. The van der Waals surface area contributed by atoms with Gasteiger partial charge in [0.2, 0.25) is 0 Å². The van der Waals surface area contributed by atoms with E-state index in [2.05, 4.69) is 0 Å². The Hall–Kier alpha value is -0.920. The van der Waals surface area contributed by atoms with Gasteiger partial charge in [-0.1, -0.05) is 6.42 Å². The summed E-state index contributed by atoms with van der Waals surface area (Å²) in [4.78, 5) is 23.4. The minimum atomic E-state index is -0.567. The maximum Gasteiger partial charge on any atom is 0.169 e. The van der Waals surface area contributed by atoms with Crippen molar-refractivity contribution >= 4 is 11.6 Å². The molecule has 0 heterocycles. The summed E-state index contributed by atoms with van der Waals surface area (Å²) < 4.78 is 0. The number of carbonyl (C=O) groups is 2. The topological polar surface area (TPSA) is 34.1 Å². The highest BCUT2D eigenvalue weighted by Crippen LogP contribution is 2.58. The van der Waals surface area contributed by atoms with E-state index in [9.17, 15) is 9.59 Å². The zero-order valence-corrected chi connectivity index (χ0v) is 7.45. The standard InChI is InChI=1S/C11H12O2/c12-9-3-4-10(13)11(9)6-7-1-2-8(11)5-7/h3-4,7-8H,1-2,5-6H2. The molecule has 2 nitrogen and oxygen atoms in total. The molecule has 2 heteroatoms. The lowest BCUT2D eigenvalue weighted by atomic mass is 9.70. The van der Waals surface area contributed by atoms with E-state index in [0.29, 0.717) is 11.8 Å². The molecular formula is C11H12O2. The Balaban J connectivity index is 2.07. The van der Waals surface area contributed by atoms with Gasteiger partial charge in [0, 0.05) is 0 Å². The van der Waals surface area contributed by atoms with Crippen molar-refractivity contribution in [2.45, 2.75) is 25.7 Å². The Kier molecular flexibility index (Phi) is 1.22. The third-order valence-electron chi connectivity index (χ3n) is 4.11. The quantitative estimate of drug-likeness (QED) is 0.524. The second kappa shape index (κ2) is 2.11. The molecular weight excluding hydrogens is 164 g/mol. The summed E-state index contributed by atoms with van der Waals surface area (Å²) in [5, 5.41) is 0. The average molecular weight is 176 g/mol. The Morgan fingerprint density at radius 3 is 2.31 bits per heavy atom. The minimum absolute atomic E-state index is 0.0877.